The molecule has 1 amide bonds. The van der Waals surface area contributed by atoms with Gasteiger partial charge in [0.15, 0.2) is 0 Å². The number of aromatic amines is 1. The molecule has 0 radical (unpaired) electrons. The van der Waals surface area contributed by atoms with Crippen molar-refractivity contribution in [2.75, 3.05) is 26.3 Å². The van der Waals surface area contributed by atoms with E-state index in [-0.39, 0.29) is 24.4 Å². The fraction of sp³-hybridized carbons (Fsp3) is 0.700. The van der Waals surface area contributed by atoms with E-state index in [9.17, 15) is 4.79 Å². The molecule has 1 atom stereocenters. The summed E-state index contributed by atoms with van der Waals surface area (Å²) in [5.41, 5.74) is 0. The van der Waals surface area contributed by atoms with Gasteiger partial charge in [-0.05, 0) is 0 Å². The number of rotatable bonds is 3. The van der Waals surface area contributed by atoms with E-state index in [1.165, 1.54) is 0 Å². The van der Waals surface area contributed by atoms with Crippen LogP contribution in [-0.2, 0) is 11.2 Å². The van der Waals surface area contributed by atoms with Crippen molar-refractivity contribution < 1.29 is 14.6 Å². The number of ether oxygens (including phenoxy) is 1. The lowest BCUT2D eigenvalue weighted by atomic mass is 10.3. The predicted molar refractivity (Wildman–Crippen MR) is 58.5 cm³/mol. The van der Waals surface area contributed by atoms with Gasteiger partial charge in [-0.15, -0.1) is 5.10 Å². The number of H-pyrrole nitrogens is 1. The maximum Gasteiger partial charge on any atom is 0.293 e. The van der Waals surface area contributed by atoms with E-state index in [0.717, 1.165) is 0 Å². The summed E-state index contributed by atoms with van der Waals surface area (Å²) in [5.74, 6) is 0.656. The number of aromatic nitrogens is 3. The Morgan fingerprint density at radius 3 is 3.18 bits per heavy atom. The zero-order valence-electron chi connectivity index (χ0n) is 9.72. The van der Waals surface area contributed by atoms with Crippen LogP contribution in [0, 0.1) is 0 Å². The second-order valence-electron chi connectivity index (χ2n) is 3.89. The number of hydrogen-bond acceptors (Lipinski definition) is 5. The van der Waals surface area contributed by atoms with Gasteiger partial charge < -0.3 is 14.7 Å². The number of carbonyl (C=O) groups is 1. The number of amides is 1. The first-order chi connectivity index (χ1) is 8.24. The Kier molecular flexibility index (Phi) is 3.70. The number of aryl methyl sites for hydroxylation is 1. The van der Waals surface area contributed by atoms with E-state index in [2.05, 4.69) is 15.2 Å². The summed E-state index contributed by atoms with van der Waals surface area (Å²) in [4.78, 5) is 17.7. The average Bonchev–Trinajstić information content (AvgIpc) is 2.86. The highest BCUT2D eigenvalue weighted by Gasteiger charge is 2.26. The molecule has 1 fully saturated rings. The van der Waals surface area contributed by atoms with E-state index < -0.39 is 0 Å². The maximum absolute atomic E-state index is 12.0. The Bertz CT molecular complexity index is 393. The lowest BCUT2D eigenvalue weighted by molar-refractivity contribution is -0.0450. The van der Waals surface area contributed by atoms with Gasteiger partial charge in [-0.1, -0.05) is 6.92 Å². The molecule has 17 heavy (non-hydrogen) atoms. The van der Waals surface area contributed by atoms with Crippen molar-refractivity contribution in [2.45, 2.75) is 19.4 Å². The summed E-state index contributed by atoms with van der Waals surface area (Å²) < 4.78 is 5.28. The number of aliphatic hydroxyl groups is 1. The van der Waals surface area contributed by atoms with Crippen LogP contribution >= 0.6 is 0 Å². The SMILES string of the molecule is CCc1nc(C(=O)N2CCOC(CO)C2)n[nH]1. The summed E-state index contributed by atoms with van der Waals surface area (Å²) in [6.45, 7) is 3.17. The largest absolute Gasteiger partial charge is 0.394 e. The number of nitrogens with one attached hydrogen (secondary N) is 1. The molecule has 1 unspecified atom stereocenters. The summed E-state index contributed by atoms with van der Waals surface area (Å²) in [6, 6.07) is 0. The minimum Gasteiger partial charge on any atom is -0.394 e. The van der Waals surface area contributed by atoms with Crippen molar-refractivity contribution in [1.29, 1.82) is 0 Å². The average molecular weight is 240 g/mol. The molecule has 1 aromatic heterocycles. The van der Waals surface area contributed by atoms with E-state index in [1.54, 1.807) is 4.90 Å². The fourth-order valence-electron chi connectivity index (χ4n) is 1.70. The molecule has 1 aromatic rings. The monoisotopic (exact) mass is 240 g/mol. The first-order valence-electron chi connectivity index (χ1n) is 5.67. The van der Waals surface area contributed by atoms with Gasteiger partial charge in [0.2, 0.25) is 5.82 Å². The Morgan fingerprint density at radius 2 is 2.53 bits per heavy atom. The van der Waals surface area contributed by atoms with E-state index >= 15 is 0 Å². The van der Waals surface area contributed by atoms with Gasteiger partial charge in [-0.3, -0.25) is 9.89 Å². The summed E-state index contributed by atoms with van der Waals surface area (Å²) in [7, 11) is 0. The number of hydrogen-bond donors (Lipinski definition) is 2. The quantitative estimate of drug-likeness (QED) is 0.721. The Hall–Kier alpha value is -1.47. The zero-order valence-corrected chi connectivity index (χ0v) is 9.72. The lowest BCUT2D eigenvalue weighted by Crippen LogP contribution is -2.47. The smallest absolute Gasteiger partial charge is 0.293 e. The van der Waals surface area contributed by atoms with Crippen molar-refractivity contribution in [3.8, 4) is 0 Å². The molecule has 0 saturated carbocycles. The number of aliphatic hydroxyl groups excluding tert-OH is 1. The molecule has 0 bridgehead atoms. The van der Waals surface area contributed by atoms with Crippen LogP contribution in [-0.4, -0.2) is 63.5 Å². The third kappa shape index (κ3) is 2.62. The van der Waals surface area contributed by atoms with Crippen molar-refractivity contribution in [3.05, 3.63) is 11.6 Å². The Morgan fingerprint density at radius 1 is 1.71 bits per heavy atom. The Labute approximate surface area is 98.8 Å². The zero-order chi connectivity index (χ0) is 12.3. The molecular weight excluding hydrogens is 224 g/mol. The highest BCUT2D eigenvalue weighted by molar-refractivity contribution is 5.90. The normalized spacial score (nSPS) is 20.6. The molecule has 2 N–H and O–H groups in total. The molecule has 94 valence electrons. The van der Waals surface area contributed by atoms with E-state index in [1.807, 2.05) is 6.92 Å². The van der Waals surface area contributed by atoms with Gasteiger partial charge in [-0.25, -0.2) is 4.98 Å². The fourth-order valence-corrected chi connectivity index (χ4v) is 1.70. The van der Waals surface area contributed by atoms with Gasteiger partial charge in [0, 0.05) is 19.5 Å². The van der Waals surface area contributed by atoms with Crippen LogP contribution in [0.5, 0.6) is 0 Å². The minimum absolute atomic E-state index is 0.0853. The molecule has 0 aliphatic carbocycles. The van der Waals surface area contributed by atoms with E-state index in [0.29, 0.717) is 31.9 Å². The molecule has 2 heterocycles. The van der Waals surface area contributed by atoms with Crippen LogP contribution in [0.3, 0.4) is 0 Å². The van der Waals surface area contributed by atoms with Gasteiger partial charge >= 0.3 is 0 Å². The molecule has 1 aliphatic heterocycles. The standard InChI is InChI=1S/C10H16N4O3/c1-2-8-11-9(13-12-8)10(16)14-3-4-17-7(5-14)6-15/h7,15H,2-6H2,1H3,(H,11,12,13). The van der Waals surface area contributed by atoms with Gasteiger partial charge in [-0.2, -0.15) is 0 Å². The number of morpholine rings is 1. The van der Waals surface area contributed by atoms with Crippen LogP contribution in [0.4, 0.5) is 0 Å². The third-order valence-electron chi connectivity index (χ3n) is 2.69. The highest BCUT2D eigenvalue weighted by Crippen LogP contribution is 2.08. The second-order valence-corrected chi connectivity index (χ2v) is 3.89. The van der Waals surface area contributed by atoms with Crippen molar-refractivity contribution in [2.24, 2.45) is 0 Å². The summed E-state index contributed by atoms with van der Waals surface area (Å²) in [6.07, 6.45) is 0.403. The second kappa shape index (κ2) is 5.24. The topological polar surface area (TPSA) is 91.3 Å². The minimum atomic E-state index is -0.308. The first-order valence-corrected chi connectivity index (χ1v) is 5.67. The molecular formula is C10H16N4O3. The lowest BCUT2D eigenvalue weighted by Gasteiger charge is -2.31. The van der Waals surface area contributed by atoms with Crippen molar-refractivity contribution in [1.82, 2.24) is 20.1 Å². The van der Waals surface area contributed by atoms with Crippen LogP contribution in [0.1, 0.15) is 23.4 Å². The molecule has 1 aliphatic rings. The van der Waals surface area contributed by atoms with Crippen LogP contribution < -0.4 is 0 Å². The molecule has 0 spiro atoms. The Balaban J connectivity index is 2.03. The molecule has 7 heteroatoms. The molecule has 2 rings (SSSR count). The van der Waals surface area contributed by atoms with Crippen LogP contribution in [0.25, 0.3) is 0 Å². The summed E-state index contributed by atoms with van der Waals surface area (Å²) >= 11 is 0. The first kappa shape index (κ1) is 12.0. The van der Waals surface area contributed by atoms with Gasteiger partial charge in [0.25, 0.3) is 5.91 Å². The molecule has 0 aromatic carbocycles. The van der Waals surface area contributed by atoms with Crippen molar-refractivity contribution in [3.63, 3.8) is 0 Å². The molecule has 1 saturated heterocycles. The highest BCUT2D eigenvalue weighted by atomic mass is 16.5. The van der Waals surface area contributed by atoms with Crippen LogP contribution in [0.2, 0.25) is 0 Å². The van der Waals surface area contributed by atoms with Crippen molar-refractivity contribution >= 4 is 5.91 Å². The third-order valence-corrected chi connectivity index (χ3v) is 2.69. The summed E-state index contributed by atoms with van der Waals surface area (Å²) in [5, 5.41) is 15.6. The molecule has 7 nitrogen and oxygen atoms in total. The maximum atomic E-state index is 12.0. The number of nitrogens with zero attached hydrogens (tertiary/aromatic N) is 3. The van der Waals surface area contributed by atoms with Gasteiger partial charge in [0.05, 0.1) is 19.3 Å². The predicted octanol–water partition coefficient (Wildman–Crippen LogP) is -0.800. The number of carbonyl (C=O) groups excluding carboxylic acids is 1. The van der Waals surface area contributed by atoms with E-state index in [4.69, 9.17) is 9.84 Å². The van der Waals surface area contributed by atoms with Crippen LogP contribution in [0.15, 0.2) is 0 Å². The van der Waals surface area contributed by atoms with Gasteiger partial charge in [0.1, 0.15) is 5.82 Å².